The van der Waals surface area contributed by atoms with Crippen molar-refractivity contribution >= 4 is 21.4 Å². The summed E-state index contributed by atoms with van der Waals surface area (Å²) in [5.41, 5.74) is 4.83. The summed E-state index contributed by atoms with van der Waals surface area (Å²) in [6, 6.07) is 3.92. The first-order valence-corrected chi connectivity index (χ1v) is 8.32. The zero-order chi connectivity index (χ0) is 15.7. The van der Waals surface area contributed by atoms with E-state index in [1.807, 2.05) is 0 Å². The van der Waals surface area contributed by atoms with E-state index in [0.717, 1.165) is 25.7 Å². The molecule has 0 aromatic heterocycles. The van der Waals surface area contributed by atoms with E-state index in [1.165, 1.54) is 18.2 Å². The van der Waals surface area contributed by atoms with Crippen molar-refractivity contribution in [1.82, 2.24) is 4.72 Å². The van der Waals surface area contributed by atoms with E-state index in [0.29, 0.717) is 6.54 Å². The molecule has 0 heterocycles. The number of nitrogen functional groups attached to an aromatic ring is 1. The fourth-order valence-corrected chi connectivity index (χ4v) is 3.86. The van der Waals surface area contributed by atoms with Crippen LogP contribution in [0.25, 0.3) is 0 Å². The molecule has 0 unspecified atom stereocenters. The van der Waals surface area contributed by atoms with Gasteiger partial charge in [-0.1, -0.05) is 19.4 Å². The fraction of sp³-hybridized carbons (Fsp3) is 0.538. The number of nitrogens with zero attached hydrogens (tertiary/aromatic N) is 1. The first kappa shape index (κ1) is 15.7. The van der Waals surface area contributed by atoms with Crippen molar-refractivity contribution in [2.45, 2.75) is 37.5 Å². The quantitative estimate of drug-likeness (QED) is 0.454. The van der Waals surface area contributed by atoms with Crippen LogP contribution < -0.4 is 10.5 Å². The van der Waals surface area contributed by atoms with Crippen LogP contribution in [0.1, 0.15) is 32.6 Å². The van der Waals surface area contributed by atoms with Crippen LogP contribution in [-0.2, 0) is 10.0 Å². The number of nitro benzene ring substituents is 1. The van der Waals surface area contributed by atoms with Gasteiger partial charge in [0.1, 0.15) is 5.69 Å². The van der Waals surface area contributed by atoms with E-state index in [2.05, 4.69) is 11.6 Å². The molecule has 0 aliphatic heterocycles. The van der Waals surface area contributed by atoms with Gasteiger partial charge in [0.2, 0.25) is 10.0 Å². The summed E-state index contributed by atoms with van der Waals surface area (Å²) in [4.78, 5) is 9.90. The van der Waals surface area contributed by atoms with Gasteiger partial charge in [-0.25, -0.2) is 13.1 Å². The molecular formula is C13H19N3O4S. The van der Waals surface area contributed by atoms with Gasteiger partial charge in [-0.05, 0) is 36.8 Å². The molecule has 0 amide bonds. The normalized spacial score (nSPS) is 16.6. The van der Waals surface area contributed by atoms with E-state index < -0.39 is 20.6 Å². The number of para-hydroxylation sites is 1. The number of hydrogen-bond acceptors (Lipinski definition) is 5. The minimum Gasteiger partial charge on any atom is -0.393 e. The van der Waals surface area contributed by atoms with Crippen molar-refractivity contribution in [3.05, 3.63) is 28.3 Å². The molecule has 1 aromatic carbocycles. The summed E-state index contributed by atoms with van der Waals surface area (Å²) in [5, 5.41) is 11.0. The second kappa shape index (κ2) is 5.61. The molecule has 1 aliphatic rings. The lowest BCUT2D eigenvalue weighted by molar-refractivity contribution is -0.386. The van der Waals surface area contributed by atoms with Crippen molar-refractivity contribution in [3.8, 4) is 0 Å². The Kier molecular flexibility index (Phi) is 4.20. The first-order chi connectivity index (χ1) is 9.81. The summed E-state index contributed by atoms with van der Waals surface area (Å²) in [7, 11) is -3.94. The van der Waals surface area contributed by atoms with Crippen LogP contribution in [0.3, 0.4) is 0 Å². The number of rotatable bonds is 7. The van der Waals surface area contributed by atoms with E-state index in [4.69, 9.17) is 5.73 Å². The third-order valence-corrected chi connectivity index (χ3v) is 5.31. The molecule has 1 saturated carbocycles. The Bertz CT molecular complexity index is 653. The second-order valence-electron chi connectivity index (χ2n) is 5.53. The van der Waals surface area contributed by atoms with E-state index in [-0.39, 0.29) is 16.0 Å². The molecule has 0 spiro atoms. The molecule has 0 saturated heterocycles. The van der Waals surface area contributed by atoms with Gasteiger partial charge >= 0.3 is 5.69 Å². The minimum atomic E-state index is -3.94. The van der Waals surface area contributed by atoms with Gasteiger partial charge in [0.25, 0.3) is 0 Å². The van der Waals surface area contributed by atoms with Gasteiger partial charge in [0.05, 0.1) is 4.92 Å². The number of benzene rings is 1. The monoisotopic (exact) mass is 313 g/mol. The van der Waals surface area contributed by atoms with E-state index in [9.17, 15) is 18.5 Å². The Morgan fingerprint density at radius 1 is 1.43 bits per heavy atom. The highest BCUT2D eigenvalue weighted by Gasteiger charge is 2.42. The number of nitrogens with one attached hydrogen (secondary N) is 1. The molecule has 7 nitrogen and oxygen atoms in total. The summed E-state index contributed by atoms with van der Waals surface area (Å²) in [6.45, 7) is 2.37. The lowest BCUT2D eigenvalue weighted by Gasteiger charge is -2.15. The van der Waals surface area contributed by atoms with Crippen molar-refractivity contribution in [1.29, 1.82) is 0 Å². The van der Waals surface area contributed by atoms with Gasteiger partial charge in [0, 0.05) is 6.54 Å². The first-order valence-electron chi connectivity index (χ1n) is 6.84. The fourth-order valence-electron chi connectivity index (χ4n) is 2.50. The lowest BCUT2D eigenvalue weighted by Crippen LogP contribution is -2.30. The number of sulfonamides is 1. The number of nitrogens with two attached hydrogens (primary N) is 1. The standard InChI is InChI=1S/C13H19N3O4S/c1-2-6-13(7-8-13)9-15-21(19,20)11-5-3-4-10(14)12(11)16(17)18/h3-5,15H,2,6-9,14H2,1H3. The molecular weight excluding hydrogens is 294 g/mol. The van der Waals surface area contributed by atoms with Crippen molar-refractivity contribution in [2.75, 3.05) is 12.3 Å². The molecule has 1 fully saturated rings. The Hall–Kier alpha value is -1.67. The summed E-state index contributed by atoms with van der Waals surface area (Å²) < 4.78 is 27.1. The molecule has 116 valence electrons. The van der Waals surface area contributed by atoms with Crippen LogP contribution in [0.4, 0.5) is 11.4 Å². The Morgan fingerprint density at radius 3 is 2.62 bits per heavy atom. The molecule has 1 aliphatic carbocycles. The highest BCUT2D eigenvalue weighted by atomic mass is 32.2. The maximum Gasteiger partial charge on any atom is 0.312 e. The smallest absolute Gasteiger partial charge is 0.312 e. The Morgan fingerprint density at radius 2 is 2.10 bits per heavy atom. The zero-order valence-corrected chi connectivity index (χ0v) is 12.6. The van der Waals surface area contributed by atoms with Crippen molar-refractivity contribution in [3.63, 3.8) is 0 Å². The van der Waals surface area contributed by atoms with Crippen molar-refractivity contribution in [2.24, 2.45) is 5.41 Å². The SMILES string of the molecule is CCCC1(CNS(=O)(=O)c2cccc(N)c2[N+](=O)[O-])CC1. The average molecular weight is 313 g/mol. The third kappa shape index (κ3) is 3.33. The van der Waals surface area contributed by atoms with Crippen LogP contribution in [0.2, 0.25) is 0 Å². The Labute approximate surface area is 123 Å². The summed E-state index contributed by atoms with van der Waals surface area (Å²) >= 11 is 0. The molecule has 0 bridgehead atoms. The summed E-state index contributed by atoms with van der Waals surface area (Å²) in [5.74, 6) is 0. The third-order valence-electron chi connectivity index (χ3n) is 3.88. The van der Waals surface area contributed by atoms with Crippen LogP contribution >= 0.6 is 0 Å². The molecule has 2 rings (SSSR count). The zero-order valence-electron chi connectivity index (χ0n) is 11.8. The topological polar surface area (TPSA) is 115 Å². The van der Waals surface area contributed by atoms with Gasteiger partial charge < -0.3 is 5.73 Å². The van der Waals surface area contributed by atoms with E-state index >= 15 is 0 Å². The predicted molar refractivity (Wildman–Crippen MR) is 79.3 cm³/mol. The van der Waals surface area contributed by atoms with Gasteiger partial charge in [-0.2, -0.15) is 0 Å². The van der Waals surface area contributed by atoms with Crippen molar-refractivity contribution < 1.29 is 13.3 Å². The Balaban J connectivity index is 2.24. The largest absolute Gasteiger partial charge is 0.393 e. The molecule has 0 atom stereocenters. The van der Waals surface area contributed by atoms with Crippen LogP contribution in [0.15, 0.2) is 23.1 Å². The predicted octanol–water partition coefficient (Wildman–Crippen LogP) is 2.04. The van der Waals surface area contributed by atoms with Crippen LogP contribution in [0.5, 0.6) is 0 Å². The van der Waals surface area contributed by atoms with Gasteiger partial charge in [-0.3, -0.25) is 10.1 Å². The van der Waals surface area contributed by atoms with Crippen LogP contribution in [-0.4, -0.2) is 19.9 Å². The maximum absolute atomic E-state index is 12.3. The van der Waals surface area contributed by atoms with Crippen LogP contribution in [0, 0.1) is 15.5 Å². The number of anilines is 1. The number of hydrogen-bond donors (Lipinski definition) is 2. The molecule has 0 radical (unpaired) electrons. The lowest BCUT2D eigenvalue weighted by atomic mass is 10.0. The summed E-state index contributed by atoms with van der Waals surface area (Å²) in [6.07, 6.45) is 3.92. The molecule has 8 heteroatoms. The molecule has 1 aromatic rings. The highest BCUT2D eigenvalue weighted by molar-refractivity contribution is 7.89. The molecule has 21 heavy (non-hydrogen) atoms. The number of nitro groups is 1. The highest BCUT2D eigenvalue weighted by Crippen LogP contribution is 2.49. The molecule has 3 N–H and O–H groups in total. The van der Waals surface area contributed by atoms with E-state index in [1.54, 1.807) is 0 Å². The minimum absolute atomic E-state index is 0.0247. The maximum atomic E-state index is 12.3. The van der Waals surface area contributed by atoms with Gasteiger partial charge in [0.15, 0.2) is 4.90 Å². The average Bonchev–Trinajstić information content (AvgIpc) is 3.17. The second-order valence-corrected chi connectivity index (χ2v) is 7.26. The van der Waals surface area contributed by atoms with Gasteiger partial charge in [-0.15, -0.1) is 0 Å².